The Bertz CT molecular complexity index is 521. The van der Waals surface area contributed by atoms with Crippen LogP contribution in [-0.4, -0.2) is 20.1 Å². The highest BCUT2D eigenvalue weighted by atomic mass is 35.5. The standard InChI is InChI=1S/C9H8ClNO4S/c1-6(12)9(13)11-16(14,15)8-4-2-7(10)3-5-8/h2-5H,1H3,(H,11,13). The minimum Gasteiger partial charge on any atom is -0.289 e. The second-order valence-corrected chi connectivity index (χ2v) is 5.06. The molecule has 0 heterocycles. The fourth-order valence-corrected chi connectivity index (χ4v) is 1.99. The Morgan fingerprint density at radius 2 is 1.69 bits per heavy atom. The van der Waals surface area contributed by atoms with Crippen LogP contribution in [0.1, 0.15) is 6.92 Å². The lowest BCUT2D eigenvalue weighted by atomic mass is 10.4. The lowest BCUT2D eigenvalue weighted by Gasteiger charge is -2.04. The van der Waals surface area contributed by atoms with Crippen LogP contribution in [0.2, 0.25) is 5.02 Å². The average molecular weight is 262 g/mol. The third-order valence-corrected chi connectivity index (χ3v) is 3.27. The number of carbonyl (C=O) groups excluding carboxylic acids is 2. The molecule has 1 rings (SSSR count). The fraction of sp³-hybridized carbons (Fsp3) is 0.111. The predicted molar refractivity (Wildman–Crippen MR) is 57.5 cm³/mol. The number of hydrogen-bond donors (Lipinski definition) is 1. The summed E-state index contributed by atoms with van der Waals surface area (Å²) in [6.07, 6.45) is 0. The molecule has 0 atom stereocenters. The van der Waals surface area contributed by atoms with Gasteiger partial charge in [-0.05, 0) is 24.3 Å². The molecular formula is C9H8ClNO4S. The van der Waals surface area contributed by atoms with Crippen LogP contribution in [0.15, 0.2) is 29.2 Å². The van der Waals surface area contributed by atoms with Crippen molar-refractivity contribution in [1.82, 2.24) is 4.72 Å². The van der Waals surface area contributed by atoms with Crippen LogP contribution in [0.4, 0.5) is 0 Å². The van der Waals surface area contributed by atoms with Gasteiger partial charge in [-0.25, -0.2) is 13.1 Å². The zero-order valence-corrected chi connectivity index (χ0v) is 9.80. The Labute approximate surface area is 97.5 Å². The van der Waals surface area contributed by atoms with Gasteiger partial charge in [0.15, 0.2) is 0 Å². The first-order valence-electron chi connectivity index (χ1n) is 4.16. The molecule has 0 spiro atoms. The predicted octanol–water partition coefficient (Wildman–Crippen LogP) is 0.734. The van der Waals surface area contributed by atoms with E-state index in [1.165, 1.54) is 24.3 Å². The Kier molecular flexibility index (Phi) is 3.66. The lowest BCUT2D eigenvalue weighted by Crippen LogP contribution is -2.34. The van der Waals surface area contributed by atoms with Gasteiger partial charge < -0.3 is 0 Å². The van der Waals surface area contributed by atoms with Gasteiger partial charge in [-0.2, -0.15) is 0 Å². The fourth-order valence-electron chi connectivity index (χ4n) is 0.867. The number of benzene rings is 1. The van der Waals surface area contributed by atoms with Crippen molar-refractivity contribution < 1.29 is 18.0 Å². The van der Waals surface area contributed by atoms with Crippen molar-refractivity contribution in [3.63, 3.8) is 0 Å². The summed E-state index contributed by atoms with van der Waals surface area (Å²) in [5, 5.41) is 0.372. The van der Waals surface area contributed by atoms with E-state index in [0.717, 1.165) is 6.92 Å². The number of nitrogens with one attached hydrogen (secondary N) is 1. The number of halogens is 1. The van der Waals surface area contributed by atoms with Crippen LogP contribution >= 0.6 is 11.6 Å². The summed E-state index contributed by atoms with van der Waals surface area (Å²) in [4.78, 5) is 21.4. The first-order valence-corrected chi connectivity index (χ1v) is 6.02. The van der Waals surface area contributed by atoms with Gasteiger partial charge in [-0.1, -0.05) is 11.6 Å². The summed E-state index contributed by atoms with van der Waals surface area (Å²) in [5.74, 6) is -2.05. The van der Waals surface area contributed by atoms with E-state index in [0.29, 0.717) is 5.02 Å². The number of ketones is 1. The molecule has 0 radical (unpaired) electrons. The molecule has 0 aliphatic rings. The summed E-state index contributed by atoms with van der Waals surface area (Å²) >= 11 is 5.58. The molecule has 1 aromatic rings. The SMILES string of the molecule is CC(=O)C(=O)NS(=O)(=O)c1ccc(Cl)cc1. The minimum absolute atomic E-state index is 0.133. The normalized spacial score (nSPS) is 10.9. The van der Waals surface area contributed by atoms with Gasteiger partial charge in [-0.15, -0.1) is 0 Å². The molecule has 86 valence electrons. The maximum Gasteiger partial charge on any atom is 0.300 e. The topological polar surface area (TPSA) is 80.3 Å². The molecule has 0 saturated carbocycles. The van der Waals surface area contributed by atoms with Gasteiger partial charge in [-0.3, -0.25) is 9.59 Å². The van der Waals surface area contributed by atoms with Crippen molar-refractivity contribution in [3.8, 4) is 0 Å². The third kappa shape index (κ3) is 3.04. The van der Waals surface area contributed by atoms with E-state index < -0.39 is 21.7 Å². The second kappa shape index (κ2) is 4.63. The van der Waals surface area contributed by atoms with E-state index in [9.17, 15) is 18.0 Å². The highest BCUT2D eigenvalue weighted by molar-refractivity contribution is 7.90. The van der Waals surface area contributed by atoms with E-state index in [2.05, 4.69) is 0 Å². The van der Waals surface area contributed by atoms with Gasteiger partial charge in [0.2, 0.25) is 5.78 Å². The highest BCUT2D eigenvalue weighted by Gasteiger charge is 2.19. The quantitative estimate of drug-likeness (QED) is 0.814. The van der Waals surface area contributed by atoms with Crippen molar-refractivity contribution >= 4 is 33.3 Å². The summed E-state index contributed by atoms with van der Waals surface area (Å²) in [5.41, 5.74) is 0. The van der Waals surface area contributed by atoms with E-state index in [-0.39, 0.29) is 4.90 Å². The van der Waals surface area contributed by atoms with Crippen LogP contribution in [0.5, 0.6) is 0 Å². The number of rotatable bonds is 3. The van der Waals surface area contributed by atoms with Crippen LogP contribution in [0, 0.1) is 0 Å². The molecule has 1 aromatic carbocycles. The maximum absolute atomic E-state index is 11.5. The smallest absolute Gasteiger partial charge is 0.289 e. The van der Waals surface area contributed by atoms with E-state index in [4.69, 9.17) is 11.6 Å². The Morgan fingerprint density at radius 3 is 2.12 bits per heavy atom. The molecule has 0 unspecified atom stereocenters. The van der Waals surface area contributed by atoms with Crippen LogP contribution in [-0.2, 0) is 19.6 Å². The lowest BCUT2D eigenvalue weighted by molar-refractivity contribution is -0.135. The molecule has 0 bridgehead atoms. The molecular weight excluding hydrogens is 254 g/mol. The Balaban J connectivity index is 2.99. The molecule has 0 aromatic heterocycles. The molecule has 0 fully saturated rings. The van der Waals surface area contributed by atoms with Crippen molar-refractivity contribution in [2.75, 3.05) is 0 Å². The number of sulfonamides is 1. The molecule has 0 saturated heterocycles. The molecule has 7 heteroatoms. The van der Waals surface area contributed by atoms with Crippen molar-refractivity contribution in [2.24, 2.45) is 0 Å². The summed E-state index contributed by atoms with van der Waals surface area (Å²) < 4.78 is 24.7. The van der Waals surface area contributed by atoms with Crippen molar-refractivity contribution in [1.29, 1.82) is 0 Å². The number of Topliss-reactive ketones (excluding diaryl/α,β-unsaturated/α-hetero) is 1. The monoisotopic (exact) mass is 261 g/mol. The molecule has 0 aliphatic carbocycles. The number of hydrogen-bond acceptors (Lipinski definition) is 4. The van der Waals surface area contributed by atoms with E-state index in [1.807, 2.05) is 0 Å². The summed E-state index contributed by atoms with van der Waals surface area (Å²) in [7, 11) is -4.00. The summed E-state index contributed by atoms with van der Waals surface area (Å²) in [6, 6.07) is 5.21. The molecule has 1 amide bonds. The van der Waals surface area contributed by atoms with Crippen molar-refractivity contribution in [3.05, 3.63) is 29.3 Å². The first-order chi connectivity index (χ1) is 7.33. The summed E-state index contributed by atoms with van der Waals surface area (Å²) in [6.45, 7) is 0.979. The van der Waals surface area contributed by atoms with Gasteiger partial charge in [0.05, 0.1) is 4.90 Å². The average Bonchev–Trinajstić information content (AvgIpc) is 2.17. The number of carbonyl (C=O) groups is 2. The van der Waals surface area contributed by atoms with Gasteiger partial charge in [0.25, 0.3) is 10.0 Å². The van der Waals surface area contributed by atoms with Gasteiger partial charge in [0.1, 0.15) is 0 Å². The molecule has 5 nitrogen and oxygen atoms in total. The van der Waals surface area contributed by atoms with Crippen molar-refractivity contribution in [2.45, 2.75) is 11.8 Å². The largest absolute Gasteiger partial charge is 0.300 e. The first kappa shape index (κ1) is 12.7. The molecule has 16 heavy (non-hydrogen) atoms. The second-order valence-electron chi connectivity index (χ2n) is 2.94. The van der Waals surface area contributed by atoms with E-state index >= 15 is 0 Å². The van der Waals surface area contributed by atoms with Gasteiger partial charge in [0, 0.05) is 11.9 Å². The van der Waals surface area contributed by atoms with Crippen LogP contribution in [0.3, 0.4) is 0 Å². The van der Waals surface area contributed by atoms with Crippen LogP contribution < -0.4 is 4.72 Å². The zero-order valence-electron chi connectivity index (χ0n) is 8.23. The van der Waals surface area contributed by atoms with E-state index in [1.54, 1.807) is 4.72 Å². The highest BCUT2D eigenvalue weighted by Crippen LogP contribution is 2.13. The van der Waals surface area contributed by atoms with Gasteiger partial charge >= 0.3 is 5.91 Å². The Hall–Kier alpha value is -1.40. The molecule has 1 N–H and O–H groups in total. The number of amides is 1. The zero-order chi connectivity index (χ0) is 12.3. The Morgan fingerprint density at radius 1 is 1.19 bits per heavy atom. The molecule has 0 aliphatic heterocycles. The third-order valence-electron chi connectivity index (χ3n) is 1.67. The minimum atomic E-state index is -4.00. The maximum atomic E-state index is 11.5. The van der Waals surface area contributed by atoms with Crippen LogP contribution in [0.25, 0.3) is 0 Å².